The third-order valence-electron chi connectivity index (χ3n) is 8.68. The van der Waals surface area contributed by atoms with Gasteiger partial charge < -0.3 is 4.74 Å². The van der Waals surface area contributed by atoms with Crippen LogP contribution in [0.1, 0.15) is 66.4 Å². The van der Waals surface area contributed by atoms with Crippen molar-refractivity contribution in [3.63, 3.8) is 0 Å². The topological polar surface area (TPSA) is 56.3 Å². The second-order valence-corrected chi connectivity index (χ2v) is 10.4. The van der Waals surface area contributed by atoms with Crippen LogP contribution in [0.5, 0.6) is 5.75 Å². The number of Topliss-reactive ketones (excluding diaryl/α,β-unsaturated/α-hetero) is 1. The Morgan fingerprint density at radius 1 is 1.00 bits per heavy atom. The number of ether oxygens (including phenoxy) is 1. The Balaban J connectivity index is 1.21. The standard InChI is InChI=1S/C30H29NO3/c1-30-15-14-24-23-11-9-22(18-19(23)8-10-25(24)26(30)12-13-28(30)32)34-29(33)21-6-4-5-20(17-21)27-7-2-3-16-31-27/h2-7,9,11,16-18,24-26H,8,10,12-15H2,1H3/t24-,25-,26+,30+/m1/s1. The molecule has 0 saturated heterocycles. The summed E-state index contributed by atoms with van der Waals surface area (Å²) < 4.78 is 5.79. The Bertz CT molecular complexity index is 1270. The molecule has 0 N–H and O–H groups in total. The summed E-state index contributed by atoms with van der Waals surface area (Å²) in [5.74, 6) is 2.37. The van der Waals surface area contributed by atoms with Gasteiger partial charge in [0.05, 0.1) is 11.3 Å². The van der Waals surface area contributed by atoms with Crippen molar-refractivity contribution in [1.29, 1.82) is 0 Å². The molecule has 6 rings (SSSR count). The first-order chi connectivity index (χ1) is 16.5. The molecule has 0 amide bonds. The zero-order chi connectivity index (χ0) is 23.3. The number of benzene rings is 2. The van der Waals surface area contributed by atoms with Crippen LogP contribution in [0.3, 0.4) is 0 Å². The summed E-state index contributed by atoms with van der Waals surface area (Å²) in [5.41, 5.74) is 4.82. The van der Waals surface area contributed by atoms with Crippen molar-refractivity contribution < 1.29 is 14.3 Å². The van der Waals surface area contributed by atoms with Crippen LogP contribution in [0.4, 0.5) is 0 Å². The molecule has 1 aromatic heterocycles. The number of hydrogen-bond donors (Lipinski definition) is 0. The Kier molecular flexibility index (Phi) is 5.13. The highest BCUT2D eigenvalue weighted by atomic mass is 16.5. The summed E-state index contributed by atoms with van der Waals surface area (Å²) in [6, 6.07) is 19.3. The van der Waals surface area contributed by atoms with Gasteiger partial charge in [-0.3, -0.25) is 9.78 Å². The van der Waals surface area contributed by atoms with Crippen LogP contribution in [0, 0.1) is 17.3 Å². The quantitative estimate of drug-likeness (QED) is 0.342. The molecule has 0 radical (unpaired) electrons. The number of aryl methyl sites for hydroxylation is 1. The van der Waals surface area contributed by atoms with Crippen molar-refractivity contribution in [2.75, 3.05) is 0 Å². The predicted molar refractivity (Wildman–Crippen MR) is 131 cm³/mol. The average molecular weight is 452 g/mol. The van der Waals surface area contributed by atoms with E-state index in [4.69, 9.17) is 4.74 Å². The highest BCUT2D eigenvalue weighted by Crippen LogP contribution is 2.59. The Morgan fingerprint density at radius 2 is 1.91 bits per heavy atom. The third-order valence-corrected chi connectivity index (χ3v) is 8.68. The van der Waals surface area contributed by atoms with E-state index >= 15 is 0 Å². The molecule has 3 aliphatic rings. The van der Waals surface area contributed by atoms with Crippen molar-refractivity contribution >= 4 is 11.8 Å². The predicted octanol–water partition coefficient (Wildman–Crippen LogP) is 6.39. The van der Waals surface area contributed by atoms with Crippen LogP contribution in [0.2, 0.25) is 0 Å². The lowest BCUT2D eigenvalue weighted by Crippen LogP contribution is -2.42. The Hall–Kier alpha value is -3.27. The fourth-order valence-corrected chi connectivity index (χ4v) is 6.90. The van der Waals surface area contributed by atoms with Crippen molar-refractivity contribution in [3.05, 3.63) is 83.6 Å². The number of rotatable bonds is 3. The number of hydrogen-bond acceptors (Lipinski definition) is 4. The van der Waals surface area contributed by atoms with Crippen LogP contribution in [-0.2, 0) is 11.2 Å². The van der Waals surface area contributed by atoms with E-state index in [9.17, 15) is 9.59 Å². The van der Waals surface area contributed by atoms with Crippen LogP contribution >= 0.6 is 0 Å². The molecule has 0 unspecified atom stereocenters. The molecule has 4 heteroatoms. The van der Waals surface area contributed by atoms with E-state index in [-0.39, 0.29) is 11.4 Å². The number of carbonyl (C=O) groups excluding carboxylic acids is 2. The van der Waals surface area contributed by atoms with Gasteiger partial charge in [0.15, 0.2) is 0 Å². The van der Waals surface area contributed by atoms with Gasteiger partial charge in [0.1, 0.15) is 11.5 Å². The Morgan fingerprint density at radius 3 is 2.76 bits per heavy atom. The van der Waals surface area contributed by atoms with Crippen molar-refractivity contribution in [1.82, 2.24) is 4.98 Å². The van der Waals surface area contributed by atoms with Crippen molar-refractivity contribution in [2.45, 2.75) is 51.4 Å². The minimum atomic E-state index is -0.357. The Labute approximate surface area is 200 Å². The van der Waals surface area contributed by atoms with Gasteiger partial charge in [-0.15, -0.1) is 0 Å². The fraction of sp³-hybridized carbons (Fsp3) is 0.367. The summed E-state index contributed by atoms with van der Waals surface area (Å²) in [7, 11) is 0. The minimum absolute atomic E-state index is 0.0993. The minimum Gasteiger partial charge on any atom is -0.423 e. The molecule has 3 aliphatic carbocycles. The highest BCUT2D eigenvalue weighted by Gasteiger charge is 2.54. The summed E-state index contributed by atoms with van der Waals surface area (Å²) in [6.45, 7) is 2.21. The zero-order valence-corrected chi connectivity index (χ0v) is 19.5. The summed E-state index contributed by atoms with van der Waals surface area (Å²) in [5, 5.41) is 0. The van der Waals surface area contributed by atoms with Gasteiger partial charge in [0.25, 0.3) is 0 Å². The SMILES string of the molecule is C[C@]12CC[C@@H]3c4ccc(OC(=O)c5cccc(-c6ccccn6)c5)cc4CC[C@H]3[C@@H]1CCC2=O. The number of esters is 1. The van der Waals surface area contributed by atoms with Gasteiger partial charge >= 0.3 is 5.97 Å². The van der Waals surface area contributed by atoms with Crippen LogP contribution < -0.4 is 4.74 Å². The van der Waals surface area contributed by atoms with E-state index in [1.54, 1.807) is 12.3 Å². The van der Waals surface area contributed by atoms with E-state index in [1.165, 1.54) is 11.1 Å². The molecule has 4 nitrogen and oxygen atoms in total. The molecule has 34 heavy (non-hydrogen) atoms. The first kappa shape index (κ1) is 21.3. The van der Waals surface area contributed by atoms with E-state index in [0.29, 0.717) is 34.8 Å². The van der Waals surface area contributed by atoms with Crippen LogP contribution in [0.15, 0.2) is 66.9 Å². The van der Waals surface area contributed by atoms with Gasteiger partial charge in [0.2, 0.25) is 0 Å². The van der Waals surface area contributed by atoms with Gasteiger partial charge in [-0.25, -0.2) is 4.79 Å². The normalized spacial score (nSPS) is 27.4. The molecule has 0 aliphatic heterocycles. The van der Waals surface area contributed by atoms with E-state index in [0.717, 1.165) is 49.8 Å². The molecular formula is C30H29NO3. The second-order valence-electron chi connectivity index (χ2n) is 10.4. The molecule has 2 saturated carbocycles. The lowest BCUT2D eigenvalue weighted by molar-refractivity contribution is -0.129. The zero-order valence-electron chi connectivity index (χ0n) is 19.5. The maximum absolute atomic E-state index is 12.9. The lowest BCUT2D eigenvalue weighted by atomic mass is 9.55. The van der Waals surface area contributed by atoms with E-state index in [1.807, 2.05) is 42.5 Å². The smallest absolute Gasteiger partial charge is 0.343 e. The van der Waals surface area contributed by atoms with Crippen LogP contribution in [-0.4, -0.2) is 16.7 Å². The summed E-state index contributed by atoms with van der Waals surface area (Å²) in [4.78, 5) is 29.8. The van der Waals surface area contributed by atoms with E-state index in [2.05, 4.69) is 24.0 Å². The molecular weight excluding hydrogens is 422 g/mol. The van der Waals surface area contributed by atoms with Gasteiger partial charge in [0, 0.05) is 23.6 Å². The molecule has 0 spiro atoms. The number of aromatic nitrogens is 1. The fourth-order valence-electron chi connectivity index (χ4n) is 6.90. The first-order valence-corrected chi connectivity index (χ1v) is 12.4. The average Bonchev–Trinajstić information content (AvgIpc) is 3.18. The van der Waals surface area contributed by atoms with Crippen LogP contribution in [0.25, 0.3) is 11.3 Å². The number of carbonyl (C=O) groups is 2. The van der Waals surface area contributed by atoms with Gasteiger partial charge in [-0.05, 0) is 97.4 Å². The number of ketones is 1. The largest absolute Gasteiger partial charge is 0.423 e. The second kappa shape index (κ2) is 8.19. The van der Waals surface area contributed by atoms with Gasteiger partial charge in [-0.2, -0.15) is 0 Å². The number of fused-ring (bicyclic) bond motifs is 5. The number of pyridine rings is 1. The maximum Gasteiger partial charge on any atom is 0.343 e. The molecule has 172 valence electrons. The number of nitrogens with zero attached hydrogens (tertiary/aromatic N) is 1. The highest BCUT2D eigenvalue weighted by molar-refractivity contribution is 5.92. The maximum atomic E-state index is 12.9. The molecule has 2 fully saturated rings. The van der Waals surface area contributed by atoms with Crippen molar-refractivity contribution in [3.8, 4) is 17.0 Å². The third kappa shape index (κ3) is 3.48. The molecule has 3 aromatic rings. The first-order valence-electron chi connectivity index (χ1n) is 12.4. The molecule has 0 bridgehead atoms. The van der Waals surface area contributed by atoms with Crippen molar-refractivity contribution in [2.24, 2.45) is 17.3 Å². The summed E-state index contributed by atoms with van der Waals surface area (Å²) in [6.07, 6.45) is 7.74. The molecule has 4 atom stereocenters. The molecule has 1 heterocycles. The van der Waals surface area contributed by atoms with E-state index < -0.39 is 0 Å². The summed E-state index contributed by atoms with van der Waals surface area (Å²) >= 11 is 0. The molecule has 2 aromatic carbocycles. The monoisotopic (exact) mass is 451 g/mol. The van der Waals surface area contributed by atoms with Gasteiger partial charge in [-0.1, -0.05) is 31.2 Å². The lowest BCUT2D eigenvalue weighted by Gasteiger charge is -2.48.